The third kappa shape index (κ3) is 4.39. The van der Waals surface area contributed by atoms with Crippen molar-refractivity contribution in [2.45, 2.75) is 32.0 Å². The smallest absolute Gasteiger partial charge is 0.337 e. The number of carbonyl (C=O) groups is 1. The molecule has 33 heavy (non-hydrogen) atoms. The summed E-state index contributed by atoms with van der Waals surface area (Å²) >= 11 is 0. The van der Waals surface area contributed by atoms with Gasteiger partial charge >= 0.3 is 5.97 Å². The van der Waals surface area contributed by atoms with E-state index in [0.717, 1.165) is 0 Å². The lowest BCUT2D eigenvalue weighted by Crippen LogP contribution is -2.35. The number of fused-ring (bicyclic) bond motifs is 1. The number of aromatic nitrogens is 2. The van der Waals surface area contributed by atoms with Crippen molar-refractivity contribution >= 4 is 34.2 Å². The molecule has 8 nitrogen and oxygen atoms in total. The molecule has 1 fully saturated rings. The summed E-state index contributed by atoms with van der Waals surface area (Å²) in [4.78, 5) is 26.2. The molecule has 1 aliphatic heterocycles. The van der Waals surface area contributed by atoms with Crippen LogP contribution in [0.4, 0.5) is 21.6 Å². The Labute approximate surface area is 190 Å². The number of piperidine rings is 1. The molecule has 2 aromatic carbocycles. The number of anilines is 2. The average molecular weight is 444 g/mol. The van der Waals surface area contributed by atoms with Crippen molar-refractivity contribution in [2.75, 3.05) is 23.3 Å². The molecule has 0 radical (unpaired) electrons. The van der Waals surface area contributed by atoms with Crippen LogP contribution in [0.5, 0.6) is 0 Å². The Morgan fingerprint density at radius 1 is 1.33 bits per heavy atom. The summed E-state index contributed by atoms with van der Waals surface area (Å²) in [5, 5.41) is 22.4. The van der Waals surface area contributed by atoms with E-state index in [0.29, 0.717) is 59.7 Å². The summed E-state index contributed by atoms with van der Waals surface area (Å²) in [6.07, 6.45) is -0.147. The first-order chi connectivity index (χ1) is 15.9. The standard InChI is InChI=1S/C24H21FN6O2/c1-14(28-19-6-4-3-5-17(19)24(32)33)18-11-16(27-2)12-20-22(18)30-23(21(13-26)29-20)31-9-7-15(25)8-10-31/h3-6,11-12,14-15,28H,7-10H2,1H3,(H,32,33). The molecule has 166 valence electrons. The minimum Gasteiger partial charge on any atom is -0.478 e. The number of para-hydroxylation sites is 1. The van der Waals surface area contributed by atoms with Crippen molar-refractivity contribution in [3.63, 3.8) is 0 Å². The van der Waals surface area contributed by atoms with Gasteiger partial charge in [-0.05, 0) is 49.6 Å². The molecule has 0 amide bonds. The molecule has 2 N–H and O–H groups in total. The van der Waals surface area contributed by atoms with E-state index in [2.05, 4.69) is 21.2 Å². The van der Waals surface area contributed by atoms with Crippen LogP contribution >= 0.6 is 0 Å². The van der Waals surface area contributed by atoms with Crippen molar-refractivity contribution in [2.24, 2.45) is 0 Å². The third-order valence-corrected chi connectivity index (χ3v) is 5.72. The van der Waals surface area contributed by atoms with E-state index < -0.39 is 18.2 Å². The maximum absolute atomic E-state index is 13.7. The minimum atomic E-state index is -1.05. The van der Waals surface area contributed by atoms with Crippen LogP contribution in [-0.4, -0.2) is 40.3 Å². The van der Waals surface area contributed by atoms with E-state index in [1.807, 2.05) is 11.8 Å². The summed E-state index contributed by atoms with van der Waals surface area (Å²) in [5.41, 5.74) is 2.59. The molecular formula is C24H21FN6O2. The number of nitriles is 1. The fourth-order valence-electron chi connectivity index (χ4n) is 4.02. The summed E-state index contributed by atoms with van der Waals surface area (Å²) in [6, 6.07) is 11.5. The van der Waals surface area contributed by atoms with Gasteiger partial charge < -0.3 is 15.3 Å². The number of hydrogen-bond acceptors (Lipinski definition) is 6. The van der Waals surface area contributed by atoms with E-state index in [1.165, 1.54) is 6.07 Å². The van der Waals surface area contributed by atoms with Crippen molar-refractivity contribution in [3.05, 3.63) is 64.6 Å². The molecule has 9 heteroatoms. The van der Waals surface area contributed by atoms with Crippen LogP contribution in [-0.2, 0) is 0 Å². The molecule has 2 heterocycles. The number of carboxylic acid groups (broad SMARTS) is 1. The number of alkyl halides is 1. The second-order valence-corrected chi connectivity index (χ2v) is 7.90. The van der Waals surface area contributed by atoms with Gasteiger partial charge in [-0.25, -0.2) is 24.0 Å². The molecule has 1 aliphatic rings. The second-order valence-electron chi connectivity index (χ2n) is 7.90. The molecular weight excluding hydrogens is 423 g/mol. The number of carboxylic acids is 1. The fraction of sp³-hybridized carbons (Fsp3) is 0.292. The van der Waals surface area contributed by atoms with Crippen LogP contribution < -0.4 is 10.2 Å². The van der Waals surface area contributed by atoms with Gasteiger partial charge in [0.2, 0.25) is 0 Å². The van der Waals surface area contributed by atoms with Crippen molar-refractivity contribution in [3.8, 4) is 6.07 Å². The van der Waals surface area contributed by atoms with Gasteiger partial charge in [0.05, 0.1) is 23.2 Å². The first kappa shape index (κ1) is 22.0. The maximum Gasteiger partial charge on any atom is 0.337 e. The van der Waals surface area contributed by atoms with Crippen molar-refractivity contribution in [1.29, 1.82) is 5.26 Å². The highest BCUT2D eigenvalue weighted by Crippen LogP contribution is 2.33. The number of rotatable bonds is 5. The predicted octanol–water partition coefficient (Wildman–Crippen LogP) is 4.86. The summed E-state index contributed by atoms with van der Waals surface area (Å²) in [5.74, 6) is -0.658. The normalized spacial score (nSPS) is 15.0. The maximum atomic E-state index is 13.7. The van der Waals surface area contributed by atoms with Crippen LogP contribution in [0.15, 0.2) is 36.4 Å². The number of nitrogens with one attached hydrogen (secondary N) is 1. The second kappa shape index (κ2) is 9.09. The molecule has 1 saturated heterocycles. The largest absolute Gasteiger partial charge is 0.478 e. The highest BCUT2D eigenvalue weighted by molar-refractivity contribution is 5.94. The first-order valence-corrected chi connectivity index (χ1v) is 10.5. The molecule has 0 aliphatic carbocycles. The summed E-state index contributed by atoms with van der Waals surface area (Å²) in [6.45, 7) is 10.2. The van der Waals surface area contributed by atoms with E-state index in [-0.39, 0.29) is 11.3 Å². The Balaban J connectivity index is 1.82. The summed E-state index contributed by atoms with van der Waals surface area (Å²) < 4.78 is 13.7. The lowest BCUT2D eigenvalue weighted by atomic mass is 10.0. The lowest BCUT2D eigenvalue weighted by molar-refractivity contribution is 0.0698. The van der Waals surface area contributed by atoms with Gasteiger partial charge in [-0.3, -0.25) is 0 Å². The van der Waals surface area contributed by atoms with Gasteiger partial charge in [-0.1, -0.05) is 12.1 Å². The highest BCUT2D eigenvalue weighted by Gasteiger charge is 2.24. The highest BCUT2D eigenvalue weighted by atomic mass is 19.1. The molecule has 0 spiro atoms. The van der Waals surface area contributed by atoms with Crippen LogP contribution in [0.2, 0.25) is 0 Å². The van der Waals surface area contributed by atoms with Gasteiger partial charge in [0, 0.05) is 24.8 Å². The van der Waals surface area contributed by atoms with Crippen molar-refractivity contribution < 1.29 is 14.3 Å². The first-order valence-electron chi connectivity index (χ1n) is 10.5. The molecule has 1 unspecified atom stereocenters. The van der Waals surface area contributed by atoms with Gasteiger partial charge in [0.15, 0.2) is 17.2 Å². The van der Waals surface area contributed by atoms with E-state index >= 15 is 0 Å². The Kier molecular flexibility index (Phi) is 6.05. The topological polar surface area (TPSA) is 106 Å². The SMILES string of the molecule is [C-]#[N+]c1cc(C(C)Nc2ccccc2C(=O)O)c2nc(N3CCC(F)CC3)c(C#N)nc2c1. The van der Waals surface area contributed by atoms with Crippen LogP contribution in [0.1, 0.15) is 47.4 Å². The van der Waals surface area contributed by atoms with Crippen LogP contribution in [0, 0.1) is 17.9 Å². The summed E-state index contributed by atoms with van der Waals surface area (Å²) in [7, 11) is 0. The Morgan fingerprint density at radius 3 is 2.73 bits per heavy atom. The molecule has 4 rings (SSSR count). The zero-order valence-electron chi connectivity index (χ0n) is 17.9. The van der Waals surface area contributed by atoms with Gasteiger partial charge in [-0.2, -0.15) is 5.26 Å². The van der Waals surface area contributed by atoms with Crippen LogP contribution in [0.3, 0.4) is 0 Å². The van der Waals surface area contributed by atoms with Gasteiger partial charge in [0.1, 0.15) is 12.2 Å². The molecule has 1 aromatic heterocycles. The fourth-order valence-corrected chi connectivity index (χ4v) is 4.02. The number of nitrogens with zero attached hydrogens (tertiary/aromatic N) is 5. The minimum absolute atomic E-state index is 0.127. The predicted molar refractivity (Wildman–Crippen MR) is 122 cm³/mol. The molecule has 0 bridgehead atoms. The Hall–Kier alpha value is -4.24. The van der Waals surface area contributed by atoms with E-state index in [1.54, 1.807) is 30.3 Å². The van der Waals surface area contributed by atoms with Gasteiger partial charge in [-0.15, -0.1) is 0 Å². The van der Waals surface area contributed by atoms with Gasteiger partial charge in [0.25, 0.3) is 0 Å². The lowest BCUT2D eigenvalue weighted by Gasteiger charge is -2.30. The van der Waals surface area contributed by atoms with Crippen LogP contribution in [0.25, 0.3) is 15.9 Å². The number of hydrogen-bond donors (Lipinski definition) is 2. The number of benzene rings is 2. The quantitative estimate of drug-likeness (QED) is 0.541. The molecule has 1 atom stereocenters. The zero-order chi connectivity index (χ0) is 23.5. The third-order valence-electron chi connectivity index (χ3n) is 5.72. The van der Waals surface area contributed by atoms with E-state index in [9.17, 15) is 19.6 Å². The number of halogens is 1. The average Bonchev–Trinajstić information content (AvgIpc) is 2.83. The molecule has 3 aromatic rings. The van der Waals surface area contributed by atoms with Crippen molar-refractivity contribution in [1.82, 2.24) is 9.97 Å². The van der Waals surface area contributed by atoms with E-state index in [4.69, 9.17) is 11.6 Å². The Bertz CT molecular complexity index is 1300. The monoisotopic (exact) mass is 444 g/mol. The number of aromatic carboxylic acids is 1. The molecule has 0 saturated carbocycles. The Morgan fingerprint density at radius 2 is 2.06 bits per heavy atom. The zero-order valence-corrected chi connectivity index (χ0v) is 17.9.